The Balaban J connectivity index is 1.57. The molecule has 9 nitrogen and oxygen atoms in total. The highest BCUT2D eigenvalue weighted by Crippen LogP contribution is 2.28. The third kappa shape index (κ3) is 4.62. The highest BCUT2D eigenvalue weighted by Gasteiger charge is 2.36. The summed E-state index contributed by atoms with van der Waals surface area (Å²) < 4.78 is 5.05. The van der Waals surface area contributed by atoms with Gasteiger partial charge in [0.05, 0.1) is 10.8 Å². The van der Waals surface area contributed by atoms with E-state index in [0.717, 1.165) is 5.56 Å². The molecule has 0 aliphatic carbocycles. The minimum atomic E-state index is -0.694. The molecule has 0 saturated carbocycles. The molecule has 0 spiro atoms. The lowest BCUT2D eigenvalue weighted by Crippen LogP contribution is -2.28. The van der Waals surface area contributed by atoms with Crippen molar-refractivity contribution >= 4 is 34.8 Å². The molecule has 1 heterocycles. The van der Waals surface area contributed by atoms with Crippen molar-refractivity contribution in [2.45, 2.75) is 20.3 Å². The van der Waals surface area contributed by atoms with Crippen LogP contribution in [-0.2, 0) is 19.1 Å². The molecule has 156 valence electrons. The summed E-state index contributed by atoms with van der Waals surface area (Å²) in [5.41, 5.74) is 2.08. The van der Waals surface area contributed by atoms with Crippen molar-refractivity contribution in [3.05, 3.63) is 63.7 Å². The Morgan fingerprint density at radius 3 is 2.57 bits per heavy atom. The number of nitro benzene ring substituents is 1. The highest BCUT2D eigenvalue weighted by atomic mass is 16.6. The van der Waals surface area contributed by atoms with E-state index in [2.05, 4.69) is 5.32 Å². The predicted octanol–water partition coefficient (Wildman–Crippen LogP) is 2.75. The molecule has 2 aromatic rings. The van der Waals surface area contributed by atoms with E-state index < -0.39 is 29.3 Å². The van der Waals surface area contributed by atoms with Gasteiger partial charge in [0.1, 0.15) is 5.69 Å². The maximum Gasteiger partial charge on any atom is 0.311 e. The van der Waals surface area contributed by atoms with Crippen LogP contribution in [0.1, 0.15) is 17.5 Å². The molecule has 0 bridgehead atoms. The molecule has 1 aliphatic rings. The number of esters is 1. The fourth-order valence-electron chi connectivity index (χ4n) is 3.24. The SMILES string of the molecule is Cc1ccc(N2C[C@@H](C(=O)OCC(=O)Nc3c(C)cccc3[N+](=O)[O-])CC2=O)cc1. The van der Waals surface area contributed by atoms with Crippen LogP contribution in [0.15, 0.2) is 42.5 Å². The fraction of sp³-hybridized carbons (Fsp3) is 0.286. The second kappa shape index (κ2) is 8.73. The molecule has 1 fully saturated rings. The fourth-order valence-corrected chi connectivity index (χ4v) is 3.24. The predicted molar refractivity (Wildman–Crippen MR) is 109 cm³/mol. The number of para-hydroxylation sites is 1. The molecule has 9 heteroatoms. The first-order valence-electron chi connectivity index (χ1n) is 9.34. The number of carbonyl (C=O) groups excluding carboxylic acids is 3. The Bertz CT molecular complexity index is 1000. The average molecular weight is 411 g/mol. The number of hydrogen-bond acceptors (Lipinski definition) is 6. The Labute approximate surface area is 172 Å². The standard InChI is InChI=1S/C21H21N3O6/c1-13-6-8-16(9-7-13)23-11-15(10-19(23)26)21(27)30-12-18(25)22-20-14(2)4-3-5-17(20)24(28)29/h3-9,15H,10-12H2,1-2H3,(H,22,25)/t15-/m0/s1. The summed E-state index contributed by atoms with van der Waals surface area (Å²) in [5, 5.41) is 13.5. The number of benzene rings is 2. The van der Waals surface area contributed by atoms with Gasteiger partial charge in [-0.1, -0.05) is 29.8 Å². The van der Waals surface area contributed by atoms with Crippen LogP contribution >= 0.6 is 0 Å². The zero-order valence-electron chi connectivity index (χ0n) is 16.6. The maximum atomic E-state index is 12.3. The Morgan fingerprint density at radius 1 is 1.20 bits per heavy atom. The van der Waals surface area contributed by atoms with Crippen molar-refractivity contribution in [2.75, 3.05) is 23.4 Å². The summed E-state index contributed by atoms with van der Waals surface area (Å²) in [5.74, 6) is -2.23. The Morgan fingerprint density at radius 2 is 1.90 bits per heavy atom. The van der Waals surface area contributed by atoms with E-state index in [-0.39, 0.29) is 30.2 Å². The van der Waals surface area contributed by atoms with Gasteiger partial charge < -0.3 is 15.0 Å². The van der Waals surface area contributed by atoms with Gasteiger partial charge in [-0.15, -0.1) is 0 Å². The van der Waals surface area contributed by atoms with E-state index >= 15 is 0 Å². The second-order valence-electron chi connectivity index (χ2n) is 7.12. The molecule has 1 saturated heterocycles. The van der Waals surface area contributed by atoms with Gasteiger partial charge >= 0.3 is 5.97 Å². The number of amides is 2. The Kier molecular flexibility index (Phi) is 6.10. The number of ether oxygens (including phenoxy) is 1. The molecule has 0 unspecified atom stereocenters. The van der Waals surface area contributed by atoms with Crippen molar-refractivity contribution < 1.29 is 24.0 Å². The number of nitrogens with zero attached hydrogens (tertiary/aromatic N) is 2. The third-order valence-electron chi connectivity index (χ3n) is 4.86. The Hall–Kier alpha value is -3.75. The number of nitro groups is 1. The van der Waals surface area contributed by atoms with E-state index in [9.17, 15) is 24.5 Å². The summed E-state index contributed by atoms with van der Waals surface area (Å²) in [6, 6.07) is 11.8. The van der Waals surface area contributed by atoms with Crippen LogP contribution in [0.25, 0.3) is 0 Å². The highest BCUT2D eigenvalue weighted by molar-refractivity contribution is 6.00. The topological polar surface area (TPSA) is 119 Å². The summed E-state index contributed by atoms with van der Waals surface area (Å²) >= 11 is 0. The van der Waals surface area contributed by atoms with Crippen LogP contribution in [0.2, 0.25) is 0 Å². The minimum absolute atomic E-state index is 0.00239. The lowest BCUT2D eigenvalue weighted by molar-refractivity contribution is -0.384. The van der Waals surface area contributed by atoms with Gasteiger partial charge in [-0.05, 0) is 31.5 Å². The molecular formula is C21H21N3O6. The van der Waals surface area contributed by atoms with E-state index in [0.29, 0.717) is 11.3 Å². The smallest absolute Gasteiger partial charge is 0.311 e. The van der Waals surface area contributed by atoms with E-state index in [4.69, 9.17) is 4.74 Å². The van der Waals surface area contributed by atoms with Crippen molar-refractivity contribution in [3.63, 3.8) is 0 Å². The quantitative estimate of drug-likeness (QED) is 0.443. The van der Waals surface area contributed by atoms with Crippen LogP contribution < -0.4 is 10.2 Å². The van der Waals surface area contributed by atoms with Crippen molar-refractivity contribution in [1.29, 1.82) is 0 Å². The lowest BCUT2D eigenvalue weighted by atomic mass is 10.1. The number of rotatable bonds is 6. The van der Waals surface area contributed by atoms with Crippen molar-refractivity contribution in [2.24, 2.45) is 5.92 Å². The molecule has 0 aromatic heterocycles. The molecule has 1 N–H and O–H groups in total. The van der Waals surface area contributed by atoms with Gasteiger partial charge in [0, 0.05) is 24.7 Å². The van der Waals surface area contributed by atoms with Gasteiger partial charge in [0.2, 0.25) is 5.91 Å². The van der Waals surface area contributed by atoms with Gasteiger partial charge in [-0.3, -0.25) is 24.5 Å². The zero-order valence-corrected chi connectivity index (χ0v) is 16.6. The largest absolute Gasteiger partial charge is 0.455 e. The third-order valence-corrected chi connectivity index (χ3v) is 4.86. The molecule has 1 aliphatic heterocycles. The van der Waals surface area contributed by atoms with Crippen LogP contribution in [0.4, 0.5) is 17.1 Å². The molecule has 30 heavy (non-hydrogen) atoms. The van der Waals surface area contributed by atoms with E-state index in [1.165, 1.54) is 17.0 Å². The average Bonchev–Trinajstić information content (AvgIpc) is 3.10. The summed E-state index contributed by atoms with van der Waals surface area (Å²) in [6.45, 7) is 3.13. The minimum Gasteiger partial charge on any atom is -0.455 e. The lowest BCUT2D eigenvalue weighted by Gasteiger charge is -2.16. The summed E-state index contributed by atoms with van der Waals surface area (Å²) in [6.07, 6.45) is -0.00239. The monoisotopic (exact) mass is 411 g/mol. The summed E-state index contributed by atoms with van der Waals surface area (Å²) in [7, 11) is 0. The first-order chi connectivity index (χ1) is 14.3. The molecule has 1 atom stereocenters. The number of aryl methyl sites for hydroxylation is 2. The van der Waals surface area contributed by atoms with Crippen LogP contribution in [-0.4, -0.2) is 35.9 Å². The summed E-state index contributed by atoms with van der Waals surface area (Å²) in [4.78, 5) is 48.8. The normalized spacial score (nSPS) is 15.7. The first-order valence-corrected chi connectivity index (χ1v) is 9.34. The van der Waals surface area contributed by atoms with E-state index in [1.807, 2.05) is 31.2 Å². The molecule has 0 radical (unpaired) electrons. The van der Waals surface area contributed by atoms with E-state index in [1.54, 1.807) is 13.0 Å². The first kappa shape index (κ1) is 21.0. The molecule has 3 rings (SSSR count). The number of nitrogens with one attached hydrogen (secondary N) is 1. The number of carbonyl (C=O) groups is 3. The molecular weight excluding hydrogens is 390 g/mol. The second-order valence-corrected chi connectivity index (χ2v) is 7.12. The van der Waals surface area contributed by atoms with Gasteiger partial charge in [0.15, 0.2) is 6.61 Å². The maximum absolute atomic E-state index is 12.3. The van der Waals surface area contributed by atoms with Crippen molar-refractivity contribution in [3.8, 4) is 0 Å². The van der Waals surface area contributed by atoms with Crippen LogP contribution in [0, 0.1) is 29.9 Å². The zero-order chi connectivity index (χ0) is 21.8. The van der Waals surface area contributed by atoms with Gasteiger partial charge in [-0.25, -0.2) is 0 Å². The van der Waals surface area contributed by atoms with Crippen molar-refractivity contribution in [1.82, 2.24) is 0 Å². The van der Waals surface area contributed by atoms with Crippen LogP contribution in [0.3, 0.4) is 0 Å². The van der Waals surface area contributed by atoms with Crippen LogP contribution in [0.5, 0.6) is 0 Å². The number of anilines is 2. The molecule has 2 amide bonds. The van der Waals surface area contributed by atoms with Gasteiger partial charge in [-0.2, -0.15) is 0 Å². The van der Waals surface area contributed by atoms with Gasteiger partial charge in [0.25, 0.3) is 11.6 Å². The number of hydrogen-bond donors (Lipinski definition) is 1. The molecule has 2 aromatic carbocycles.